The standard InChI is InChI=1S/C11H14BrN/c1-8-4-5-9(7-10(8)12)11-3-2-6-13-11/h4-5,7,11,13H,2-3,6H2,1H3/t11-/m0/s1. The van der Waals surface area contributed by atoms with Gasteiger partial charge in [-0.05, 0) is 43.5 Å². The van der Waals surface area contributed by atoms with E-state index < -0.39 is 0 Å². The van der Waals surface area contributed by atoms with E-state index in [2.05, 4.69) is 46.4 Å². The summed E-state index contributed by atoms with van der Waals surface area (Å²) in [6.07, 6.45) is 2.58. The molecule has 13 heavy (non-hydrogen) atoms. The summed E-state index contributed by atoms with van der Waals surface area (Å²) in [4.78, 5) is 0. The van der Waals surface area contributed by atoms with Gasteiger partial charge in [0.05, 0.1) is 0 Å². The Kier molecular flexibility index (Phi) is 2.70. The Labute approximate surface area is 87.7 Å². The SMILES string of the molecule is Cc1ccc([C@@H]2CCCN2)cc1Br. The first-order valence-electron chi connectivity index (χ1n) is 4.77. The van der Waals surface area contributed by atoms with Gasteiger partial charge >= 0.3 is 0 Å². The third kappa shape index (κ3) is 1.94. The van der Waals surface area contributed by atoms with Crippen LogP contribution in [0.1, 0.15) is 30.0 Å². The zero-order valence-electron chi connectivity index (χ0n) is 7.81. The highest BCUT2D eigenvalue weighted by atomic mass is 79.9. The Morgan fingerprint density at radius 1 is 1.46 bits per heavy atom. The maximum Gasteiger partial charge on any atom is 0.0321 e. The largest absolute Gasteiger partial charge is 0.310 e. The lowest BCUT2D eigenvalue weighted by Gasteiger charge is -2.11. The molecule has 1 heterocycles. The highest BCUT2D eigenvalue weighted by molar-refractivity contribution is 9.10. The van der Waals surface area contributed by atoms with Crippen molar-refractivity contribution < 1.29 is 0 Å². The second-order valence-electron chi connectivity index (χ2n) is 3.66. The maximum atomic E-state index is 3.57. The minimum Gasteiger partial charge on any atom is -0.310 e. The molecule has 2 heteroatoms. The Morgan fingerprint density at radius 2 is 2.31 bits per heavy atom. The molecule has 0 amide bonds. The molecular formula is C11H14BrN. The van der Waals surface area contributed by atoms with Crippen molar-refractivity contribution in [3.63, 3.8) is 0 Å². The molecule has 1 nitrogen and oxygen atoms in total. The third-order valence-corrected chi connectivity index (χ3v) is 3.51. The van der Waals surface area contributed by atoms with Gasteiger partial charge in [0.25, 0.3) is 0 Å². The van der Waals surface area contributed by atoms with Crippen LogP contribution in [0.2, 0.25) is 0 Å². The Morgan fingerprint density at radius 3 is 2.92 bits per heavy atom. The smallest absolute Gasteiger partial charge is 0.0321 e. The van der Waals surface area contributed by atoms with Crippen molar-refractivity contribution >= 4 is 15.9 Å². The fourth-order valence-corrected chi connectivity index (χ4v) is 2.19. The van der Waals surface area contributed by atoms with Crippen LogP contribution in [0, 0.1) is 6.92 Å². The topological polar surface area (TPSA) is 12.0 Å². The van der Waals surface area contributed by atoms with Gasteiger partial charge in [-0.2, -0.15) is 0 Å². The molecule has 1 aromatic carbocycles. The zero-order chi connectivity index (χ0) is 9.26. The summed E-state index contributed by atoms with van der Waals surface area (Å²) >= 11 is 3.57. The highest BCUT2D eigenvalue weighted by Gasteiger charge is 2.16. The fraction of sp³-hybridized carbons (Fsp3) is 0.455. The zero-order valence-corrected chi connectivity index (χ0v) is 9.39. The van der Waals surface area contributed by atoms with Crippen molar-refractivity contribution in [3.05, 3.63) is 33.8 Å². The lowest BCUT2D eigenvalue weighted by atomic mass is 10.0. The number of aryl methyl sites for hydroxylation is 1. The summed E-state index contributed by atoms with van der Waals surface area (Å²) in [7, 11) is 0. The molecule has 0 aromatic heterocycles. The minimum atomic E-state index is 0.580. The second kappa shape index (κ2) is 3.81. The molecule has 1 N–H and O–H groups in total. The summed E-state index contributed by atoms with van der Waals surface area (Å²) < 4.78 is 1.22. The van der Waals surface area contributed by atoms with Gasteiger partial charge in [0.2, 0.25) is 0 Å². The van der Waals surface area contributed by atoms with E-state index in [4.69, 9.17) is 0 Å². The lowest BCUT2D eigenvalue weighted by Crippen LogP contribution is -2.12. The molecule has 2 rings (SSSR count). The van der Waals surface area contributed by atoms with Crippen LogP contribution >= 0.6 is 15.9 Å². The second-order valence-corrected chi connectivity index (χ2v) is 4.51. The maximum absolute atomic E-state index is 3.57. The van der Waals surface area contributed by atoms with E-state index in [-0.39, 0.29) is 0 Å². The quantitative estimate of drug-likeness (QED) is 0.794. The van der Waals surface area contributed by atoms with Crippen LogP contribution in [0.4, 0.5) is 0 Å². The molecule has 1 atom stereocenters. The molecule has 1 aromatic rings. The molecule has 1 aliphatic heterocycles. The van der Waals surface area contributed by atoms with Crippen molar-refractivity contribution in [1.29, 1.82) is 0 Å². The summed E-state index contributed by atoms with van der Waals surface area (Å²) in [6.45, 7) is 3.28. The van der Waals surface area contributed by atoms with Gasteiger partial charge in [-0.1, -0.05) is 28.1 Å². The van der Waals surface area contributed by atoms with E-state index in [9.17, 15) is 0 Å². The minimum absolute atomic E-state index is 0.580. The van der Waals surface area contributed by atoms with Crippen LogP contribution in [0.3, 0.4) is 0 Å². The molecule has 0 aliphatic carbocycles. The number of rotatable bonds is 1. The van der Waals surface area contributed by atoms with E-state index in [1.54, 1.807) is 0 Å². The lowest BCUT2D eigenvalue weighted by molar-refractivity contribution is 0.647. The predicted octanol–water partition coefficient (Wildman–Crippen LogP) is 3.18. The van der Waals surface area contributed by atoms with Gasteiger partial charge in [0.1, 0.15) is 0 Å². The molecule has 1 aliphatic rings. The summed E-state index contributed by atoms with van der Waals surface area (Å²) in [5.74, 6) is 0. The molecule has 1 fully saturated rings. The average Bonchev–Trinajstić information content (AvgIpc) is 2.62. The average molecular weight is 240 g/mol. The van der Waals surface area contributed by atoms with Crippen molar-refractivity contribution in [1.82, 2.24) is 5.32 Å². The van der Waals surface area contributed by atoms with Gasteiger partial charge in [-0.3, -0.25) is 0 Å². The van der Waals surface area contributed by atoms with E-state index in [0.717, 1.165) is 6.54 Å². The fourth-order valence-electron chi connectivity index (χ4n) is 1.79. The van der Waals surface area contributed by atoms with E-state index >= 15 is 0 Å². The van der Waals surface area contributed by atoms with Gasteiger partial charge in [0, 0.05) is 10.5 Å². The van der Waals surface area contributed by atoms with Gasteiger partial charge < -0.3 is 5.32 Å². The number of nitrogens with one attached hydrogen (secondary N) is 1. The molecular weight excluding hydrogens is 226 g/mol. The van der Waals surface area contributed by atoms with Gasteiger partial charge in [-0.25, -0.2) is 0 Å². The Bertz CT molecular complexity index is 303. The number of hydrogen-bond acceptors (Lipinski definition) is 1. The van der Waals surface area contributed by atoms with Gasteiger partial charge in [-0.15, -0.1) is 0 Å². The summed E-state index contributed by atoms with van der Waals surface area (Å²) in [5.41, 5.74) is 2.72. The summed E-state index contributed by atoms with van der Waals surface area (Å²) in [6, 6.07) is 7.22. The van der Waals surface area contributed by atoms with Crippen LogP contribution in [-0.2, 0) is 0 Å². The Balaban J connectivity index is 2.25. The van der Waals surface area contributed by atoms with Crippen molar-refractivity contribution in [2.24, 2.45) is 0 Å². The van der Waals surface area contributed by atoms with Crippen LogP contribution < -0.4 is 5.32 Å². The molecule has 0 bridgehead atoms. The monoisotopic (exact) mass is 239 g/mol. The van der Waals surface area contributed by atoms with Crippen molar-refractivity contribution in [3.8, 4) is 0 Å². The molecule has 0 radical (unpaired) electrons. The van der Waals surface area contributed by atoms with Crippen LogP contribution in [0.25, 0.3) is 0 Å². The van der Waals surface area contributed by atoms with Crippen LogP contribution in [-0.4, -0.2) is 6.54 Å². The van der Waals surface area contributed by atoms with Crippen molar-refractivity contribution in [2.75, 3.05) is 6.54 Å². The van der Waals surface area contributed by atoms with E-state index in [0.29, 0.717) is 6.04 Å². The normalized spacial score (nSPS) is 22.2. The predicted molar refractivity (Wildman–Crippen MR) is 58.9 cm³/mol. The summed E-state index contributed by atoms with van der Waals surface area (Å²) in [5, 5.41) is 3.50. The van der Waals surface area contributed by atoms with Crippen LogP contribution in [0.15, 0.2) is 22.7 Å². The molecule has 0 spiro atoms. The molecule has 70 valence electrons. The first-order chi connectivity index (χ1) is 6.27. The third-order valence-electron chi connectivity index (χ3n) is 2.66. The highest BCUT2D eigenvalue weighted by Crippen LogP contribution is 2.26. The Hall–Kier alpha value is -0.340. The van der Waals surface area contributed by atoms with E-state index in [1.807, 2.05) is 0 Å². The molecule has 1 saturated heterocycles. The first-order valence-corrected chi connectivity index (χ1v) is 5.56. The van der Waals surface area contributed by atoms with E-state index in [1.165, 1.54) is 28.4 Å². The first kappa shape index (κ1) is 9.22. The van der Waals surface area contributed by atoms with Crippen molar-refractivity contribution in [2.45, 2.75) is 25.8 Å². The number of hydrogen-bond donors (Lipinski definition) is 1. The molecule has 0 saturated carbocycles. The number of halogens is 1. The molecule has 0 unspecified atom stereocenters. The van der Waals surface area contributed by atoms with Gasteiger partial charge in [0.15, 0.2) is 0 Å². The number of benzene rings is 1. The van der Waals surface area contributed by atoms with Crippen LogP contribution in [0.5, 0.6) is 0 Å².